The zero-order chi connectivity index (χ0) is 14.7. The van der Waals surface area contributed by atoms with Crippen LogP contribution >= 0.6 is 23.8 Å². The van der Waals surface area contributed by atoms with Crippen molar-refractivity contribution in [3.8, 4) is 0 Å². The fourth-order valence-corrected chi connectivity index (χ4v) is 2.41. The molecule has 0 atom stereocenters. The molecule has 2 nitrogen and oxygen atoms in total. The highest BCUT2D eigenvalue weighted by Crippen LogP contribution is 2.31. The van der Waals surface area contributed by atoms with Crippen LogP contribution in [0.1, 0.15) is 12.5 Å². The molecule has 104 valence electrons. The van der Waals surface area contributed by atoms with Gasteiger partial charge >= 0.3 is 0 Å². The number of rotatable bonds is 4. The summed E-state index contributed by atoms with van der Waals surface area (Å²) >= 11 is 11.1. The van der Waals surface area contributed by atoms with Gasteiger partial charge in [0, 0.05) is 22.8 Å². The van der Waals surface area contributed by atoms with Crippen LogP contribution in [-0.4, -0.2) is 11.5 Å². The van der Waals surface area contributed by atoms with Crippen LogP contribution in [0.25, 0.3) is 0 Å². The first kappa shape index (κ1) is 14.8. The SMILES string of the molecule is CCN(c1cccc(F)c1)c1cc(Cl)ccc1C(N)=S. The Kier molecular flexibility index (Phi) is 4.57. The Labute approximate surface area is 128 Å². The summed E-state index contributed by atoms with van der Waals surface area (Å²) < 4.78 is 13.4. The Morgan fingerprint density at radius 3 is 2.65 bits per heavy atom. The van der Waals surface area contributed by atoms with Gasteiger partial charge < -0.3 is 10.6 Å². The molecule has 2 N–H and O–H groups in total. The van der Waals surface area contributed by atoms with Crippen LogP contribution in [0, 0.1) is 5.82 Å². The van der Waals surface area contributed by atoms with Crippen LogP contribution in [0.15, 0.2) is 42.5 Å². The van der Waals surface area contributed by atoms with E-state index < -0.39 is 0 Å². The fourth-order valence-electron chi connectivity index (χ4n) is 2.07. The lowest BCUT2D eigenvalue weighted by atomic mass is 10.1. The van der Waals surface area contributed by atoms with E-state index in [1.165, 1.54) is 12.1 Å². The third-order valence-corrected chi connectivity index (χ3v) is 3.41. The minimum Gasteiger partial charge on any atom is -0.389 e. The first-order chi connectivity index (χ1) is 9.52. The molecule has 20 heavy (non-hydrogen) atoms. The summed E-state index contributed by atoms with van der Waals surface area (Å²) in [4.78, 5) is 2.20. The molecule has 0 aliphatic heterocycles. The fraction of sp³-hybridized carbons (Fsp3) is 0.133. The number of nitrogens with two attached hydrogens (primary N) is 1. The molecule has 0 fully saturated rings. The zero-order valence-electron chi connectivity index (χ0n) is 10.9. The molecule has 0 aliphatic carbocycles. The maximum Gasteiger partial charge on any atom is 0.125 e. The monoisotopic (exact) mass is 308 g/mol. The standard InChI is InChI=1S/C15H14ClFN2S/c1-2-19(12-5-3-4-11(17)9-12)14-8-10(16)6-7-13(14)15(18)20/h3-9H,2H2,1H3,(H2,18,20). The summed E-state index contributed by atoms with van der Waals surface area (Å²) in [5, 5.41) is 0.579. The second kappa shape index (κ2) is 6.20. The molecule has 0 aromatic heterocycles. The Balaban J connectivity index is 2.57. The Hall–Kier alpha value is -1.65. The van der Waals surface area contributed by atoms with Crippen molar-refractivity contribution in [1.82, 2.24) is 0 Å². The lowest BCUT2D eigenvalue weighted by Gasteiger charge is -2.26. The molecule has 0 aliphatic rings. The van der Waals surface area contributed by atoms with Crippen LogP contribution in [0.4, 0.5) is 15.8 Å². The number of halogens is 2. The minimum absolute atomic E-state index is 0.284. The second-order valence-electron chi connectivity index (χ2n) is 4.25. The second-order valence-corrected chi connectivity index (χ2v) is 5.13. The van der Waals surface area contributed by atoms with E-state index in [0.717, 1.165) is 16.9 Å². The highest BCUT2D eigenvalue weighted by Gasteiger charge is 2.14. The van der Waals surface area contributed by atoms with Crippen molar-refractivity contribution in [1.29, 1.82) is 0 Å². The van der Waals surface area contributed by atoms with Crippen molar-refractivity contribution in [3.05, 3.63) is 58.9 Å². The Morgan fingerprint density at radius 2 is 2.05 bits per heavy atom. The Bertz CT molecular complexity index is 646. The summed E-state index contributed by atoms with van der Waals surface area (Å²) in [5.74, 6) is -0.292. The van der Waals surface area contributed by atoms with Crippen LogP contribution in [-0.2, 0) is 0 Å². The van der Waals surface area contributed by atoms with Crippen molar-refractivity contribution in [2.24, 2.45) is 5.73 Å². The third kappa shape index (κ3) is 3.08. The van der Waals surface area contributed by atoms with Crippen molar-refractivity contribution < 1.29 is 4.39 Å². The predicted molar refractivity (Wildman–Crippen MR) is 86.4 cm³/mol. The zero-order valence-corrected chi connectivity index (χ0v) is 12.5. The Morgan fingerprint density at radius 1 is 1.30 bits per heavy atom. The first-order valence-electron chi connectivity index (χ1n) is 6.15. The molecule has 5 heteroatoms. The lowest BCUT2D eigenvalue weighted by Crippen LogP contribution is -2.21. The molecule has 0 amide bonds. The van der Waals surface area contributed by atoms with E-state index in [0.29, 0.717) is 11.6 Å². The summed E-state index contributed by atoms with van der Waals surface area (Å²) in [6.07, 6.45) is 0. The number of hydrogen-bond donors (Lipinski definition) is 1. The normalized spacial score (nSPS) is 10.3. The van der Waals surface area contributed by atoms with Gasteiger partial charge in [-0.15, -0.1) is 0 Å². The number of benzene rings is 2. The van der Waals surface area contributed by atoms with E-state index in [1.807, 2.05) is 17.9 Å². The maximum absolute atomic E-state index is 13.4. The highest BCUT2D eigenvalue weighted by molar-refractivity contribution is 7.80. The maximum atomic E-state index is 13.4. The van der Waals surface area contributed by atoms with Gasteiger partial charge in [0.25, 0.3) is 0 Å². The van der Waals surface area contributed by atoms with E-state index in [9.17, 15) is 4.39 Å². The van der Waals surface area contributed by atoms with Crippen LogP contribution in [0.3, 0.4) is 0 Å². The van der Waals surface area contributed by atoms with E-state index in [1.54, 1.807) is 24.3 Å². The van der Waals surface area contributed by atoms with Crippen molar-refractivity contribution >= 4 is 40.2 Å². The molecule has 0 heterocycles. The number of anilines is 2. The topological polar surface area (TPSA) is 29.3 Å². The van der Waals surface area contributed by atoms with Gasteiger partial charge in [0.2, 0.25) is 0 Å². The molecule has 0 spiro atoms. The van der Waals surface area contributed by atoms with E-state index in [-0.39, 0.29) is 10.8 Å². The molecular weight excluding hydrogens is 295 g/mol. The molecule has 0 bridgehead atoms. The number of thiocarbonyl (C=S) groups is 1. The van der Waals surface area contributed by atoms with Crippen molar-refractivity contribution in [2.75, 3.05) is 11.4 Å². The number of hydrogen-bond acceptors (Lipinski definition) is 2. The van der Waals surface area contributed by atoms with Crippen molar-refractivity contribution in [2.45, 2.75) is 6.92 Å². The number of nitrogens with zero attached hydrogens (tertiary/aromatic N) is 1. The van der Waals surface area contributed by atoms with Gasteiger partial charge in [-0.3, -0.25) is 0 Å². The third-order valence-electron chi connectivity index (χ3n) is 2.95. The van der Waals surface area contributed by atoms with Gasteiger partial charge in [0.1, 0.15) is 10.8 Å². The van der Waals surface area contributed by atoms with Crippen LogP contribution in [0.2, 0.25) is 5.02 Å². The van der Waals surface area contributed by atoms with Crippen LogP contribution in [0.5, 0.6) is 0 Å². The average molecular weight is 309 g/mol. The molecule has 0 saturated heterocycles. The molecule has 0 unspecified atom stereocenters. The molecule has 2 rings (SSSR count). The molecule has 0 radical (unpaired) electrons. The van der Waals surface area contributed by atoms with Gasteiger partial charge in [-0.1, -0.05) is 29.9 Å². The summed E-state index contributed by atoms with van der Waals surface area (Å²) in [6, 6.07) is 11.7. The van der Waals surface area contributed by atoms with Gasteiger partial charge in [-0.05, 0) is 43.3 Å². The lowest BCUT2D eigenvalue weighted by molar-refractivity contribution is 0.627. The van der Waals surface area contributed by atoms with Gasteiger partial charge in [0.05, 0.1) is 5.69 Å². The quantitative estimate of drug-likeness (QED) is 0.855. The molecule has 0 saturated carbocycles. The van der Waals surface area contributed by atoms with Crippen LogP contribution < -0.4 is 10.6 Å². The largest absolute Gasteiger partial charge is 0.389 e. The smallest absolute Gasteiger partial charge is 0.125 e. The minimum atomic E-state index is -0.292. The van der Waals surface area contributed by atoms with Gasteiger partial charge in [-0.25, -0.2) is 4.39 Å². The van der Waals surface area contributed by atoms with E-state index in [2.05, 4.69) is 0 Å². The van der Waals surface area contributed by atoms with E-state index in [4.69, 9.17) is 29.6 Å². The summed E-state index contributed by atoms with van der Waals surface area (Å²) in [5.41, 5.74) is 7.98. The first-order valence-corrected chi connectivity index (χ1v) is 6.94. The van der Waals surface area contributed by atoms with E-state index >= 15 is 0 Å². The highest BCUT2D eigenvalue weighted by atomic mass is 35.5. The summed E-state index contributed by atoms with van der Waals surface area (Å²) in [6.45, 7) is 2.61. The predicted octanol–water partition coefficient (Wildman–Crippen LogP) is 4.27. The van der Waals surface area contributed by atoms with Gasteiger partial charge in [-0.2, -0.15) is 0 Å². The molecular formula is C15H14ClFN2S. The average Bonchev–Trinajstić information content (AvgIpc) is 2.39. The van der Waals surface area contributed by atoms with Gasteiger partial charge in [0.15, 0.2) is 0 Å². The van der Waals surface area contributed by atoms with Crippen molar-refractivity contribution in [3.63, 3.8) is 0 Å². The molecule has 2 aromatic carbocycles. The molecule has 2 aromatic rings. The summed E-state index contributed by atoms with van der Waals surface area (Å²) in [7, 11) is 0.